The van der Waals surface area contributed by atoms with Crippen LogP contribution in [0.1, 0.15) is 106 Å². The fourth-order valence-electron chi connectivity index (χ4n) is 13.8. The van der Waals surface area contributed by atoms with Crippen LogP contribution in [0.25, 0.3) is 0 Å². The minimum absolute atomic E-state index is 0.144. The van der Waals surface area contributed by atoms with E-state index in [1.54, 1.807) is 0 Å². The summed E-state index contributed by atoms with van der Waals surface area (Å²) in [5.41, 5.74) is -2.15. The number of aliphatic hydroxyl groups excluding tert-OH is 7. The summed E-state index contributed by atoms with van der Waals surface area (Å²) in [7, 11) is 1.37. The molecule has 6 fully saturated rings. The summed E-state index contributed by atoms with van der Waals surface area (Å²) >= 11 is 0. The summed E-state index contributed by atoms with van der Waals surface area (Å²) in [6.45, 7) is 12.5. The van der Waals surface area contributed by atoms with Crippen LogP contribution < -0.4 is 0 Å². The van der Waals surface area contributed by atoms with Crippen molar-refractivity contribution in [3.63, 3.8) is 0 Å². The van der Waals surface area contributed by atoms with Crippen molar-refractivity contribution >= 4 is 17.9 Å². The summed E-state index contributed by atoms with van der Waals surface area (Å²) in [4.78, 5) is 39.9. The van der Waals surface area contributed by atoms with Crippen molar-refractivity contribution in [1.29, 1.82) is 0 Å². The molecule has 7 rings (SSSR count). The van der Waals surface area contributed by atoms with Crippen LogP contribution >= 0.6 is 0 Å². The number of hydrogen-bond donors (Lipinski definition) is 8. The Bertz CT molecular complexity index is 1680. The molecule has 2 saturated heterocycles. The molecule has 2 aliphatic heterocycles. The van der Waals surface area contributed by atoms with Gasteiger partial charge in [-0.25, -0.2) is 4.79 Å². The SMILES string of the molecule is COC(=O)[C@@]1(C)CC[C@]2(C(=O)O[C@@H]3O[C@H](CO)[C@H](O)[C@H](O)[C@H]3O)CC[C@]3(C)C(=CC[C@@H]4[C@@]5(C)CC[C@H](O[C@@H]6O[C@H](C(=O)O)[C@@H](O)[C@H](O)[C@H]6O)C(C)(C)[C@@H]5CC[C@]43C)[C@@H]2C1. The number of carboxylic acids is 1. The Morgan fingerprint density at radius 3 is 2.03 bits per heavy atom. The fourth-order valence-corrected chi connectivity index (χ4v) is 13.8. The first-order valence-corrected chi connectivity index (χ1v) is 21.4. The van der Waals surface area contributed by atoms with Gasteiger partial charge in [-0.2, -0.15) is 0 Å². The average Bonchev–Trinajstić information content (AvgIpc) is 3.18. The van der Waals surface area contributed by atoms with Crippen molar-refractivity contribution in [3.05, 3.63) is 11.6 Å². The molecule has 0 unspecified atom stereocenters. The molecule has 16 heteroatoms. The molecule has 0 amide bonds. The van der Waals surface area contributed by atoms with Gasteiger partial charge in [-0.05, 0) is 111 Å². The van der Waals surface area contributed by atoms with Crippen molar-refractivity contribution in [3.8, 4) is 0 Å². The molecule has 2 heterocycles. The summed E-state index contributed by atoms with van der Waals surface area (Å²) in [5.74, 6) is -2.52. The molecule has 334 valence electrons. The number of methoxy groups -OCH3 is 1. The van der Waals surface area contributed by atoms with E-state index in [2.05, 4.69) is 40.7 Å². The molecule has 16 nitrogen and oxygen atoms in total. The van der Waals surface area contributed by atoms with E-state index >= 15 is 0 Å². The van der Waals surface area contributed by atoms with Gasteiger partial charge in [-0.15, -0.1) is 0 Å². The zero-order valence-electron chi connectivity index (χ0n) is 35.3. The summed E-state index contributed by atoms with van der Waals surface area (Å²) in [5, 5.41) is 82.6. The van der Waals surface area contributed by atoms with Gasteiger partial charge in [-0.1, -0.05) is 46.3 Å². The number of carbonyl (C=O) groups excluding carboxylic acids is 2. The molecular formula is C43H66O16. The molecule has 0 radical (unpaired) electrons. The van der Waals surface area contributed by atoms with Gasteiger partial charge in [0.25, 0.3) is 0 Å². The molecule has 0 aromatic heterocycles. The van der Waals surface area contributed by atoms with E-state index in [0.29, 0.717) is 44.9 Å². The van der Waals surface area contributed by atoms with Crippen molar-refractivity contribution in [2.24, 2.45) is 50.2 Å². The van der Waals surface area contributed by atoms with Gasteiger partial charge in [-0.3, -0.25) is 9.59 Å². The van der Waals surface area contributed by atoms with Crippen LogP contribution in [0, 0.1) is 50.2 Å². The van der Waals surface area contributed by atoms with Gasteiger partial charge in [0, 0.05) is 0 Å². The highest BCUT2D eigenvalue weighted by atomic mass is 16.7. The second-order valence-electron chi connectivity index (χ2n) is 20.6. The lowest BCUT2D eigenvalue weighted by atomic mass is 9.33. The van der Waals surface area contributed by atoms with Crippen LogP contribution in [0.4, 0.5) is 0 Å². The van der Waals surface area contributed by atoms with Crippen LogP contribution in [-0.2, 0) is 38.1 Å². The first kappa shape index (κ1) is 44.8. The first-order chi connectivity index (χ1) is 27.5. The molecule has 19 atom stereocenters. The molecule has 0 aromatic carbocycles. The van der Waals surface area contributed by atoms with Gasteiger partial charge in [0.05, 0.1) is 30.7 Å². The van der Waals surface area contributed by atoms with E-state index in [1.165, 1.54) is 7.11 Å². The number of rotatable bonds is 7. The Labute approximate surface area is 345 Å². The van der Waals surface area contributed by atoms with E-state index in [1.807, 2.05) is 6.92 Å². The molecule has 0 bridgehead atoms. The Kier molecular flexibility index (Phi) is 11.6. The predicted molar refractivity (Wildman–Crippen MR) is 204 cm³/mol. The Hall–Kier alpha value is -2.25. The van der Waals surface area contributed by atoms with Gasteiger partial charge >= 0.3 is 17.9 Å². The Morgan fingerprint density at radius 1 is 0.746 bits per heavy atom. The smallest absolute Gasteiger partial charge is 0.335 e. The van der Waals surface area contributed by atoms with Crippen LogP contribution in [0.2, 0.25) is 0 Å². The minimum atomic E-state index is -1.81. The van der Waals surface area contributed by atoms with E-state index in [-0.39, 0.29) is 28.6 Å². The number of carbonyl (C=O) groups is 3. The van der Waals surface area contributed by atoms with E-state index in [0.717, 1.165) is 24.8 Å². The van der Waals surface area contributed by atoms with Crippen molar-refractivity contribution in [2.45, 2.75) is 173 Å². The van der Waals surface area contributed by atoms with Gasteiger partial charge < -0.3 is 64.5 Å². The predicted octanol–water partition coefficient (Wildman–Crippen LogP) is 1.56. The molecule has 8 N–H and O–H groups in total. The minimum Gasteiger partial charge on any atom is -0.479 e. The van der Waals surface area contributed by atoms with Gasteiger partial charge in [0.15, 0.2) is 12.4 Å². The maximum Gasteiger partial charge on any atom is 0.335 e. The highest BCUT2D eigenvalue weighted by Crippen LogP contribution is 2.76. The second-order valence-corrected chi connectivity index (χ2v) is 20.6. The lowest BCUT2D eigenvalue weighted by molar-refractivity contribution is -0.324. The Balaban J connectivity index is 1.19. The third-order valence-corrected chi connectivity index (χ3v) is 17.6. The highest BCUT2D eigenvalue weighted by Gasteiger charge is 2.70. The Morgan fingerprint density at radius 2 is 1.39 bits per heavy atom. The number of aliphatic carboxylic acids is 1. The summed E-state index contributed by atoms with van der Waals surface area (Å²) < 4.78 is 28.8. The van der Waals surface area contributed by atoms with E-state index < -0.39 is 114 Å². The van der Waals surface area contributed by atoms with Crippen LogP contribution in [0.3, 0.4) is 0 Å². The largest absolute Gasteiger partial charge is 0.479 e. The molecule has 4 saturated carbocycles. The molecule has 0 aromatic rings. The van der Waals surface area contributed by atoms with Crippen LogP contribution in [0.5, 0.6) is 0 Å². The topological polar surface area (TPSA) is 259 Å². The molecule has 7 aliphatic rings. The third-order valence-electron chi connectivity index (χ3n) is 17.6. The molecule has 0 spiro atoms. The number of allylic oxidation sites excluding steroid dienone is 2. The lowest BCUT2D eigenvalue weighted by Crippen LogP contribution is -2.66. The van der Waals surface area contributed by atoms with E-state index in [9.17, 15) is 55.2 Å². The van der Waals surface area contributed by atoms with Gasteiger partial charge in [0.2, 0.25) is 6.29 Å². The van der Waals surface area contributed by atoms with Crippen LogP contribution in [-0.4, -0.2) is 140 Å². The van der Waals surface area contributed by atoms with Crippen LogP contribution in [0.15, 0.2) is 11.6 Å². The summed E-state index contributed by atoms with van der Waals surface area (Å²) in [6, 6.07) is 0. The standard InChI is InChI=1S/C43H66O16/c1-38(2)23-10-13-42(6)24(40(23,4)12-11-25(38)57-35-31(50)28(47)29(48)32(58-35)33(51)52)9-8-20-21-18-39(3,36(53)55-7)14-16-43(21,17-15-41(20,42)5)37(54)59-34-30(49)27(46)26(45)22(19-44)56-34/h8,21-32,34-35,44-50H,9-19H2,1-7H3,(H,51,52)/t21-,22+,23-,24+,25-,26-,27-,28-,29-,30+,31+,32-,34-,35+,39-,40-,41+,42+,43-/m0/s1. The quantitative estimate of drug-likeness (QED) is 0.103. The van der Waals surface area contributed by atoms with Gasteiger partial charge in [0.1, 0.15) is 42.7 Å². The zero-order valence-corrected chi connectivity index (χ0v) is 35.3. The molecular weight excluding hydrogens is 772 g/mol. The number of ether oxygens (including phenoxy) is 5. The highest BCUT2D eigenvalue weighted by molar-refractivity contribution is 5.81. The van der Waals surface area contributed by atoms with Crippen molar-refractivity contribution < 1.29 is 78.9 Å². The number of aliphatic hydroxyl groups is 7. The van der Waals surface area contributed by atoms with E-state index in [4.69, 9.17) is 23.7 Å². The second kappa shape index (κ2) is 15.2. The first-order valence-electron chi connectivity index (χ1n) is 21.4. The summed E-state index contributed by atoms with van der Waals surface area (Å²) in [6.07, 6.45) is -8.69. The molecule has 5 aliphatic carbocycles. The number of carboxylic acid groups (broad SMARTS) is 1. The normalized spacial score (nSPS) is 51.7. The van der Waals surface area contributed by atoms with Crippen molar-refractivity contribution in [2.75, 3.05) is 13.7 Å². The monoisotopic (exact) mass is 838 g/mol. The molecule has 59 heavy (non-hydrogen) atoms. The third kappa shape index (κ3) is 6.56. The zero-order chi connectivity index (χ0) is 43.4. The maximum absolute atomic E-state index is 14.7. The van der Waals surface area contributed by atoms with Crippen molar-refractivity contribution in [1.82, 2.24) is 0 Å². The number of fused-ring (bicyclic) bond motifs is 7. The lowest BCUT2D eigenvalue weighted by Gasteiger charge is -2.71. The fraction of sp³-hybridized carbons (Fsp3) is 0.884. The number of esters is 2. The maximum atomic E-state index is 14.7. The average molecular weight is 839 g/mol. The number of hydrogen-bond acceptors (Lipinski definition) is 15.